The summed E-state index contributed by atoms with van der Waals surface area (Å²) >= 11 is 6.59. The topological polar surface area (TPSA) is 76.9 Å². The largest absolute Gasteiger partial charge is 0.417 e. The first-order valence-electron chi connectivity index (χ1n) is 9.45. The maximum absolute atomic E-state index is 13.1. The fourth-order valence-corrected chi connectivity index (χ4v) is 4.11. The standard InChI is InChI=1S/C22H14ClF3N4O2S/c23-17-8-7-13(10-16(17)22(24,25)26)28-19(31)12-33-21-29-18-6-2-1-5-15(18)20(32)30(21)14-4-3-9-27-11-14/h1-11H,12H2,(H,28,31). The summed E-state index contributed by atoms with van der Waals surface area (Å²) in [6, 6.07) is 13.3. The Kier molecular flexibility index (Phi) is 6.39. The van der Waals surface area contributed by atoms with Crippen LogP contribution in [0, 0.1) is 0 Å². The average molecular weight is 491 g/mol. The van der Waals surface area contributed by atoms with Gasteiger partial charge >= 0.3 is 6.18 Å². The molecule has 1 amide bonds. The molecule has 6 nitrogen and oxygen atoms in total. The molecule has 0 saturated carbocycles. The predicted molar refractivity (Wildman–Crippen MR) is 121 cm³/mol. The van der Waals surface area contributed by atoms with Crippen LogP contribution in [0.4, 0.5) is 18.9 Å². The molecule has 4 aromatic rings. The van der Waals surface area contributed by atoms with Crippen LogP contribution in [0.1, 0.15) is 5.56 Å². The molecule has 1 N–H and O–H groups in total. The van der Waals surface area contributed by atoms with E-state index in [2.05, 4.69) is 15.3 Å². The lowest BCUT2D eigenvalue weighted by atomic mass is 10.2. The summed E-state index contributed by atoms with van der Waals surface area (Å²) in [5.74, 6) is -0.773. The van der Waals surface area contributed by atoms with Gasteiger partial charge in [0.15, 0.2) is 5.16 Å². The van der Waals surface area contributed by atoms with Gasteiger partial charge in [0.25, 0.3) is 5.56 Å². The minimum atomic E-state index is -4.65. The van der Waals surface area contributed by atoms with Crippen molar-refractivity contribution in [2.24, 2.45) is 0 Å². The molecule has 0 atom stereocenters. The summed E-state index contributed by atoms with van der Waals surface area (Å²) < 4.78 is 40.5. The molecule has 0 radical (unpaired) electrons. The van der Waals surface area contributed by atoms with Crippen molar-refractivity contribution in [3.8, 4) is 5.69 Å². The van der Waals surface area contributed by atoms with Gasteiger partial charge in [-0.05, 0) is 42.5 Å². The lowest BCUT2D eigenvalue weighted by Crippen LogP contribution is -2.23. The average Bonchev–Trinajstić information content (AvgIpc) is 2.79. The molecule has 0 unspecified atom stereocenters. The smallest absolute Gasteiger partial charge is 0.325 e. The second-order valence-corrected chi connectivity index (χ2v) is 8.14. The summed E-state index contributed by atoms with van der Waals surface area (Å²) in [6.45, 7) is 0. The molecule has 4 rings (SSSR count). The van der Waals surface area contributed by atoms with E-state index in [1.54, 1.807) is 42.6 Å². The first-order valence-corrected chi connectivity index (χ1v) is 10.8. The van der Waals surface area contributed by atoms with Crippen molar-refractivity contribution in [3.05, 3.63) is 87.9 Å². The van der Waals surface area contributed by atoms with E-state index in [4.69, 9.17) is 11.6 Å². The number of carbonyl (C=O) groups is 1. The zero-order valence-electron chi connectivity index (χ0n) is 16.6. The second-order valence-electron chi connectivity index (χ2n) is 6.79. The van der Waals surface area contributed by atoms with E-state index in [-0.39, 0.29) is 22.2 Å². The van der Waals surface area contributed by atoms with Crippen LogP contribution in [0.5, 0.6) is 0 Å². The van der Waals surface area contributed by atoms with E-state index in [1.165, 1.54) is 16.8 Å². The number of hydrogen-bond acceptors (Lipinski definition) is 5. The number of rotatable bonds is 5. The molecule has 2 aromatic carbocycles. The van der Waals surface area contributed by atoms with Crippen LogP contribution < -0.4 is 10.9 Å². The Hall–Kier alpha value is -3.37. The number of halogens is 4. The van der Waals surface area contributed by atoms with Gasteiger partial charge in [0.05, 0.1) is 39.1 Å². The Morgan fingerprint density at radius 2 is 1.91 bits per heavy atom. The molecule has 168 valence electrons. The number of para-hydroxylation sites is 1. The van der Waals surface area contributed by atoms with E-state index >= 15 is 0 Å². The number of alkyl halides is 3. The van der Waals surface area contributed by atoms with Gasteiger partial charge in [0, 0.05) is 11.9 Å². The van der Waals surface area contributed by atoms with Gasteiger partial charge < -0.3 is 5.32 Å². The lowest BCUT2D eigenvalue weighted by molar-refractivity contribution is -0.137. The van der Waals surface area contributed by atoms with Crippen molar-refractivity contribution in [1.82, 2.24) is 14.5 Å². The molecule has 0 bridgehead atoms. The van der Waals surface area contributed by atoms with Crippen molar-refractivity contribution in [3.63, 3.8) is 0 Å². The fourth-order valence-electron chi connectivity index (χ4n) is 3.07. The van der Waals surface area contributed by atoms with Crippen molar-refractivity contribution >= 4 is 45.9 Å². The third-order valence-electron chi connectivity index (χ3n) is 4.54. The molecule has 0 aliphatic rings. The molecular weight excluding hydrogens is 477 g/mol. The zero-order chi connectivity index (χ0) is 23.6. The normalized spacial score (nSPS) is 11.5. The minimum absolute atomic E-state index is 0.0477. The van der Waals surface area contributed by atoms with E-state index in [0.29, 0.717) is 16.6 Å². The maximum atomic E-state index is 13.1. The summed E-state index contributed by atoms with van der Waals surface area (Å²) in [4.78, 5) is 34.1. The van der Waals surface area contributed by atoms with Gasteiger partial charge in [0.1, 0.15) is 0 Å². The molecule has 0 fully saturated rings. The molecular formula is C22H14ClF3N4O2S. The Morgan fingerprint density at radius 1 is 1.12 bits per heavy atom. The number of anilines is 1. The van der Waals surface area contributed by atoms with Crippen LogP contribution in [0.15, 0.2) is 76.9 Å². The van der Waals surface area contributed by atoms with Gasteiger partial charge in [-0.2, -0.15) is 13.2 Å². The molecule has 11 heteroatoms. The Bertz CT molecular complexity index is 1390. The highest BCUT2D eigenvalue weighted by Gasteiger charge is 2.33. The van der Waals surface area contributed by atoms with Gasteiger partial charge in [-0.15, -0.1) is 0 Å². The van der Waals surface area contributed by atoms with E-state index in [0.717, 1.165) is 23.9 Å². The van der Waals surface area contributed by atoms with Gasteiger partial charge in [-0.25, -0.2) is 4.98 Å². The first-order chi connectivity index (χ1) is 15.7. The summed E-state index contributed by atoms with van der Waals surface area (Å²) in [5, 5.41) is 2.60. The van der Waals surface area contributed by atoms with Crippen LogP contribution in [0.25, 0.3) is 16.6 Å². The number of nitrogens with zero attached hydrogens (tertiary/aromatic N) is 3. The first kappa shape index (κ1) is 22.8. The third kappa shape index (κ3) is 5.01. The predicted octanol–water partition coefficient (Wildman–Crippen LogP) is 5.18. The number of hydrogen-bond donors (Lipinski definition) is 1. The second kappa shape index (κ2) is 9.24. The fraction of sp³-hybridized carbons (Fsp3) is 0.0909. The number of pyridine rings is 1. The highest BCUT2D eigenvalue weighted by molar-refractivity contribution is 7.99. The number of thioether (sulfide) groups is 1. The zero-order valence-corrected chi connectivity index (χ0v) is 18.2. The summed E-state index contributed by atoms with van der Waals surface area (Å²) in [5.41, 5.74) is -0.497. The summed E-state index contributed by atoms with van der Waals surface area (Å²) in [7, 11) is 0. The SMILES string of the molecule is O=C(CSc1nc2ccccc2c(=O)n1-c1cccnc1)Nc1ccc(Cl)c(C(F)(F)F)c1. The van der Waals surface area contributed by atoms with Crippen LogP contribution in [-0.2, 0) is 11.0 Å². The Morgan fingerprint density at radius 3 is 2.64 bits per heavy atom. The molecule has 0 aliphatic heterocycles. The molecule has 33 heavy (non-hydrogen) atoms. The number of benzene rings is 2. The Labute approximate surface area is 194 Å². The van der Waals surface area contributed by atoms with Crippen molar-refractivity contribution < 1.29 is 18.0 Å². The monoisotopic (exact) mass is 490 g/mol. The van der Waals surface area contributed by atoms with Crippen molar-refractivity contribution in [1.29, 1.82) is 0 Å². The van der Waals surface area contributed by atoms with Gasteiger partial charge in [-0.1, -0.05) is 35.5 Å². The summed E-state index contributed by atoms with van der Waals surface area (Å²) in [6.07, 6.45) is -1.60. The van der Waals surface area contributed by atoms with Crippen LogP contribution in [0.3, 0.4) is 0 Å². The van der Waals surface area contributed by atoms with E-state index < -0.39 is 22.7 Å². The maximum Gasteiger partial charge on any atom is 0.417 e. The molecule has 2 heterocycles. The van der Waals surface area contributed by atoms with E-state index in [1.807, 2.05) is 0 Å². The lowest BCUT2D eigenvalue weighted by Gasteiger charge is -2.13. The van der Waals surface area contributed by atoms with Crippen LogP contribution >= 0.6 is 23.4 Å². The Balaban J connectivity index is 1.61. The minimum Gasteiger partial charge on any atom is -0.325 e. The number of aromatic nitrogens is 3. The van der Waals surface area contributed by atoms with E-state index in [9.17, 15) is 22.8 Å². The molecule has 0 aliphatic carbocycles. The van der Waals surface area contributed by atoms with Crippen LogP contribution in [0.2, 0.25) is 5.02 Å². The number of nitrogens with one attached hydrogen (secondary N) is 1. The number of carbonyl (C=O) groups excluding carboxylic acids is 1. The highest BCUT2D eigenvalue weighted by atomic mass is 35.5. The molecule has 2 aromatic heterocycles. The highest BCUT2D eigenvalue weighted by Crippen LogP contribution is 2.36. The molecule has 0 saturated heterocycles. The van der Waals surface area contributed by atoms with Crippen molar-refractivity contribution in [2.75, 3.05) is 11.1 Å². The van der Waals surface area contributed by atoms with Gasteiger partial charge in [-0.3, -0.25) is 19.1 Å². The third-order valence-corrected chi connectivity index (χ3v) is 5.81. The van der Waals surface area contributed by atoms with Crippen molar-refractivity contribution in [2.45, 2.75) is 11.3 Å². The van der Waals surface area contributed by atoms with Gasteiger partial charge in [0.2, 0.25) is 5.91 Å². The molecule has 0 spiro atoms. The number of amides is 1. The van der Waals surface area contributed by atoms with Crippen LogP contribution in [-0.4, -0.2) is 26.2 Å². The number of fused-ring (bicyclic) bond motifs is 1. The quantitative estimate of drug-likeness (QED) is 0.308.